The van der Waals surface area contributed by atoms with Crippen LogP contribution in [0.15, 0.2) is 23.3 Å². The third kappa shape index (κ3) is 5.84. The van der Waals surface area contributed by atoms with Crippen molar-refractivity contribution in [1.29, 1.82) is 0 Å². The lowest BCUT2D eigenvalue weighted by Gasteiger charge is -2.53. The molecule has 0 aromatic rings. The second-order valence-electron chi connectivity index (χ2n) is 16.8. The van der Waals surface area contributed by atoms with Gasteiger partial charge in [0.25, 0.3) is 0 Å². The molecule has 0 aromatic carbocycles. The average Bonchev–Trinajstić information content (AvgIpc) is 3.33. The minimum atomic E-state index is -1.97. The van der Waals surface area contributed by atoms with Crippen molar-refractivity contribution in [3.05, 3.63) is 23.3 Å². The zero-order valence-electron chi connectivity index (χ0n) is 30.7. The highest BCUT2D eigenvalue weighted by molar-refractivity contribution is 6.04. The van der Waals surface area contributed by atoms with E-state index in [4.69, 9.17) is 14.2 Å². The van der Waals surface area contributed by atoms with Gasteiger partial charge in [0.05, 0.1) is 24.4 Å². The molecule has 11 heteroatoms. The highest BCUT2D eigenvalue weighted by atomic mass is 16.6. The van der Waals surface area contributed by atoms with Gasteiger partial charge in [0.2, 0.25) is 0 Å². The maximum Gasteiger partial charge on any atom is 0.306 e. The third-order valence-corrected chi connectivity index (χ3v) is 12.8. The van der Waals surface area contributed by atoms with Crippen molar-refractivity contribution in [3.8, 4) is 0 Å². The Morgan fingerprint density at radius 3 is 2.27 bits per heavy atom. The van der Waals surface area contributed by atoms with Crippen LogP contribution in [0.2, 0.25) is 0 Å². The van der Waals surface area contributed by atoms with E-state index in [9.17, 15) is 34.9 Å². The van der Waals surface area contributed by atoms with Gasteiger partial charge in [-0.05, 0) is 64.0 Å². The van der Waals surface area contributed by atoms with Crippen LogP contribution < -0.4 is 0 Å². The molecule has 0 spiro atoms. The van der Waals surface area contributed by atoms with Crippen LogP contribution in [0.4, 0.5) is 0 Å². The maximum atomic E-state index is 13.6. The number of carbonyl (C=O) groups excluding carboxylic acids is 3. The number of esters is 2. The van der Waals surface area contributed by atoms with Crippen LogP contribution in [0.25, 0.3) is 0 Å². The van der Waals surface area contributed by atoms with Crippen molar-refractivity contribution in [2.45, 2.75) is 154 Å². The monoisotopic (exact) mass is 688 g/mol. The van der Waals surface area contributed by atoms with Crippen molar-refractivity contribution < 1.29 is 49.1 Å². The predicted molar refractivity (Wildman–Crippen MR) is 179 cm³/mol. The standard InChI is InChI=1S/C38H58NO10/c1-9-10-13-16-35(39(46)33(5,6)22-47-35)17-14-11-12-15-29(42)48-32-24(3)37(45)27(30-34(7,8)38(30,32)49-25(4)41)19-26(21-40)20-36(44)28(37)18-23(2)31(36)43/h18-19,24,27-28,30,32,40,44-45H,9-17,20-22H2,1-8H3. The second kappa shape index (κ2) is 13.1. The molecule has 2 saturated carbocycles. The molecular formula is C38H58NO10. The Morgan fingerprint density at radius 1 is 1.04 bits per heavy atom. The molecule has 11 nitrogen and oxygen atoms in total. The van der Waals surface area contributed by atoms with E-state index in [-0.39, 0.29) is 12.8 Å². The SMILES string of the molecule is CCCCCC1(CCCCCC(=O)OC2C(C)C3(O)C(C=C(CO)CC4(O)C(=O)C(C)=CC43)C3C(C)(C)C23OC(C)=O)OCC(C)(C)N1[O]. The molecule has 1 radical (unpaired) electrons. The van der Waals surface area contributed by atoms with E-state index in [0.717, 1.165) is 24.3 Å². The van der Waals surface area contributed by atoms with Crippen molar-refractivity contribution in [2.75, 3.05) is 13.2 Å². The van der Waals surface area contributed by atoms with Crippen LogP contribution in [0.3, 0.4) is 0 Å². The van der Waals surface area contributed by atoms with Crippen LogP contribution >= 0.6 is 0 Å². The van der Waals surface area contributed by atoms with E-state index < -0.39 is 87.6 Å². The summed E-state index contributed by atoms with van der Waals surface area (Å²) in [4.78, 5) is 39.6. The van der Waals surface area contributed by atoms with E-state index in [0.29, 0.717) is 49.9 Å². The van der Waals surface area contributed by atoms with Gasteiger partial charge in [-0.15, -0.1) is 10.3 Å². The number of aliphatic hydroxyl groups excluding tert-OH is 1. The van der Waals surface area contributed by atoms with Crippen molar-refractivity contribution in [1.82, 2.24) is 5.06 Å². The van der Waals surface area contributed by atoms with Crippen molar-refractivity contribution >= 4 is 17.7 Å². The fraction of sp³-hybridized carbons (Fsp3) is 0.816. The molecule has 4 aliphatic carbocycles. The normalized spacial score (nSPS) is 40.4. The number of ketones is 1. The Hall–Kier alpha value is -2.15. The highest BCUT2D eigenvalue weighted by Gasteiger charge is 2.87. The number of rotatable bonds is 13. The summed E-state index contributed by atoms with van der Waals surface area (Å²) in [5.41, 5.74) is -6.46. The minimum Gasteiger partial charge on any atom is -0.458 e. The number of ether oxygens (including phenoxy) is 3. The van der Waals surface area contributed by atoms with Crippen LogP contribution in [-0.2, 0) is 33.8 Å². The number of unbranched alkanes of at least 4 members (excludes halogenated alkanes) is 4. The lowest BCUT2D eigenvalue weighted by molar-refractivity contribution is -0.296. The van der Waals surface area contributed by atoms with E-state index in [2.05, 4.69) is 6.92 Å². The van der Waals surface area contributed by atoms with Gasteiger partial charge in [-0.2, -0.15) is 0 Å². The van der Waals surface area contributed by atoms with Gasteiger partial charge in [-0.3, -0.25) is 14.4 Å². The van der Waals surface area contributed by atoms with E-state index in [1.165, 1.54) is 6.92 Å². The van der Waals surface area contributed by atoms with E-state index in [1.807, 2.05) is 27.7 Å². The molecule has 5 rings (SSSR count). The Kier molecular flexibility index (Phi) is 10.2. The maximum absolute atomic E-state index is 13.6. The number of hydroxylamine groups is 2. The quantitative estimate of drug-likeness (QED) is 0.140. The van der Waals surface area contributed by atoms with Crippen molar-refractivity contribution in [3.63, 3.8) is 0 Å². The summed E-state index contributed by atoms with van der Waals surface area (Å²) in [5, 5.41) is 49.4. The zero-order chi connectivity index (χ0) is 36.4. The summed E-state index contributed by atoms with van der Waals surface area (Å²) in [5.74, 6) is -4.69. The van der Waals surface area contributed by atoms with E-state index in [1.54, 1.807) is 26.0 Å². The molecule has 5 aliphatic rings. The summed E-state index contributed by atoms with van der Waals surface area (Å²) in [6.07, 6.45) is 8.33. The Morgan fingerprint density at radius 2 is 1.69 bits per heavy atom. The number of Topliss-reactive ketones (excluding diaryl/α,β-unsaturated/α-hetero) is 1. The molecule has 9 atom stereocenters. The largest absolute Gasteiger partial charge is 0.458 e. The summed E-state index contributed by atoms with van der Waals surface area (Å²) in [6, 6.07) is 0. The summed E-state index contributed by atoms with van der Waals surface area (Å²) < 4.78 is 18.5. The molecule has 0 amide bonds. The first-order chi connectivity index (χ1) is 22.8. The van der Waals surface area contributed by atoms with Gasteiger partial charge in [0.15, 0.2) is 11.4 Å². The number of hydrogen-bond donors (Lipinski definition) is 3. The number of fused-ring (bicyclic) bond motifs is 5. The first kappa shape index (κ1) is 38.1. The molecule has 0 bridgehead atoms. The minimum absolute atomic E-state index is 0.0853. The highest BCUT2D eigenvalue weighted by Crippen LogP contribution is 2.77. The molecule has 1 aliphatic heterocycles. The first-order valence-corrected chi connectivity index (χ1v) is 18.3. The summed E-state index contributed by atoms with van der Waals surface area (Å²) >= 11 is 0. The summed E-state index contributed by atoms with van der Waals surface area (Å²) in [6.45, 7) is 14.3. The van der Waals surface area contributed by atoms with Gasteiger partial charge in [0, 0.05) is 48.9 Å². The predicted octanol–water partition coefficient (Wildman–Crippen LogP) is 4.74. The molecule has 9 unspecified atom stereocenters. The van der Waals surface area contributed by atoms with Gasteiger partial charge in [-0.1, -0.05) is 59.1 Å². The number of hydrogen-bond acceptors (Lipinski definition) is 10. The smallest absolute Gasteiger partial charge is 0.306 e. The molecule has 1 saturated heterocycles. The van der Waals surface area contributed by atoms with Gasteiger partial charge < -0.3 is 29.5 Å². The third-order valence-electron chi connectivity index (χ3n) is 12.8. The molecule has 0 aromatic heterocycles. The van der Waals surface area contributed by atoms with Gasteiger partial charge >= 0.3 is 11.9 Å². The van der Waals surface area contributed by atoms with Crippen LogP contribution in [0, 0.1) is 29.1 Å². The van der Waals surface area contributed by atoms with Crippen LogP contribution in [0.5, 0.6) is 0 Å². The first-order valence-electron chi connectivity index (χ1n) is 18.3. The van der Waals surface area contributed by atoms with Crippen LogP contribution in [-0.4, -0.2) is 85.5 Å². The number of nitrogens with zero attached hydrogens (tertiary/aromatic N) is 1. The Balaban J connectivity index is 1.35. The van der Waals surface area contributed by atoms with E-state index >= 15 is 0 Å². The summed E-state index contributed by atoms with van der Waals surface area (Å²) in [7, 11) is 0. The Bertz CT molecular complexity index is 1390. The van der Waals surface area contributed by atoms with Crippen LogP contribution in [0.1, 0.15) is 120 Å². The lowest BCUT2D eigenvalue weighted by Crippen LogP contribution is -2.66. The lowest BCUT2D eigenvalue weighted by atomic mass is 9.59. The fourth-order valence-electron chi connectivity index (χ4n) is 10.2. The molecule has 1 heterocycles. The fourth-order valence-corrected chi connectivity index (χ4v) is 10.2. The molecule has 3 fully saturated rings. The molecular weight excluding hydrogens is 630 g/mol. The van der Waals surface area contributed by atoms with Gasteiger partial charge in [-0.25, -0.2) is 0 Å². The van der Waals surface area contributed by atoms with Gasteiger partial charge in [0.1, 0.15) is 17.4 Å². The number of aliphatic hydroxyl groups is 3. The average molecular weight is 689 g/mol. The zero-order valence-corrected chi connectivity index (χ0v) is 30.7. The topological polar surface area (TPSA) is 163 Å². The Labute approximate surface area is 291 Å². The second-order valence-corrected chi connectivity index (χ2v) is 16.8. The molecule has 275 valence electrons. The molecule has 3 N–H and O–H groups in total. The molecule has 49 heavy (non-hydrogen) atoms. The number of carbonyl (C=O) groups is 3. The van der Waals surface area contributed by atoms with Crippen molar-refractivity contribution in [2.24, 2.45) is 29.1 Å².